The van der Waals surface area contributed by atoms with Gasteiger partial charge in [0.25, 0.3) is 0 Å². The molecule has 0 aliphatic heterocycles. The second kappa shape index (κ2) is 9.18. The number of para-hydroxylation sites is 1. The van der Waals surface area contributed by atoms with Gasteiger partial charge in [-0.3, -0.25) is 0 Å². The SMILES string of the molecule is COC(=O)c1cccc(CS[C@H](C)c2nc(N)nc(Nc3ccccc3)n2)c1. The first kappa shape index (κ1) is 19.6. The van der Waals surface area contributed by atoms with Crippen LogP contribution in [0.15, 0.2) is 54.6 Å². The highest BCUT2D eigenvalue weighted by Crippen LogP contribution is 2.30. The molecule has 0 fully saturated rings. The van der Waals surface area contributed by atoms with Crippen LogP contribution in [0.1, 0.15) is 33.9 Å². The van der Waals surface area contributed by atoms with Gasteiger partial charge in [0.1, 0.15) is 5.82 Å². The first-order valence-electron chi connectivity index (χ1n) is 8.67. The number of benzene rings is 2. The van der Waals surface area contributed by atoms with E-state index in [0.29, 0.717) is 23.1 Å². The van der Waals surface area contributed by atoms with E-state index in [4.69, 9.17) is 10.5 Å². The van der Waals surface area contributed by atoms with E-state index >= 15 is 0 Å². The van der Waals surface area contributed by atoms with E-state index in [1.54, 1.807) is 17.8 Å². The van der Waals surface area contributed by atoms with Crippen molar-refractivity contribution < 1.29 is 9.53 Å². The number of esters is 1. The van der Waals surface area contributed by atoms with Crippen LogP contribution < -0.4 is 11.1 Å². The van der Waals surface area contributed by atoms with Crippen molar-refractivity contribution in [2.24, 2.45) is 0 Å². The van der Waals surface area contributed by atoms with Gasteiger partial charge >= 0.3 is 5.97 Å². The van der Waals surface area contributed by atoms with Crippen LogP contribution in [0.4, 0.5) is 17.6 Å². The number of nitrogens with one attached hydrogen (secondary N) is 1. The molecule has 0 amide bonds. The third-order valence-electron chi connectivity index (χ3n) is 3.91. The lowest BCUT2D eigenvalue weighted by Gasteiger charge is -2.12. The molecule has 7 nitrogen and oxygen atoms in total. The molecular formula is C20H21N5O2S. The number of nitrogen functional groups attached to an aromatic ring is 1. The molecular weight excluding hydrogens is 374 g/mol. The van der Waals surface area contributed by atoms with Gasteiger partial charge in [-0.1, -0.05) is 30.3 Å². The average Bonchev–Trinajstić information content (AvgIpc) is 2.72. The molecule has 0 saturated heterocycles. The summed E-state index contributed by atoms with van der Waals surface area (Å²) in [6.07, 6.45) is 0. The molecule has 0 aliphatic rings. The zero-order valence-electron chi connectivity index (χ0n) is 15.6. The van der Waals surface area contributed by atoms with Crippen molar-refractivity contribution in [2.45, 2.75) is 17.9 Å². The van der Waals surface area contributed by atoms with E-state index in [1.807, 2.05) is 55.5 Å². The number of nitrogens with two attached hydrogens (primary N) is 1. The van der Waals surface area contributed by atoms with Crippen molar-refractivity contribution in [1.82, 2.24) is 15.0 Å². The van der Waals surface area contributed by atoms with Crippen molar-refractivity contribution in [3.05, 3.63) is 71.5 Å². The number of thioether (sulfide) groups is 1. The molecule has 3 aromatic rings. The lowest BCUT2D eigenvalue weighted by Crippen LogP contribution is -2.08. The minimum atomic E-state index is -0.346. The number of carbonyl (C=O) groups is 1. The van der Waals surface area contributed by atoms with Gasteiger partial charge < -0.3 is 15.8 Å². The smallest absolute Gasteiger partial charge is 0.337 e. The monoisotopic (exact) mass is 395 g/mol. The predicted molar refractivity (Wildman–Crippen MR) is 111 cm³/mol. The summed E-state index contributed by atoms with van der Waals surface area (Å²) >= 11 is 1.65. The van der Waals surface area contributed by atoms with Gasteiger partial charge in [-0.05, 0) is 36.8 Å². The molecule has 8 heteroatoms. The van der Waals surface area contributed by atoms with E-state index in [9.17, 15) is 4.79 Å². The minimum Gasteiger partial charge on any atom is -0.465 e. The van der Waals surface area contributed by atoms with Gasteiger partial charge in [0, 0.05) is 11.4 Å². The second-order valence-corrected chi connectivity index (χ2v) is 7.34. The van der Waals surface area contributed by atoms with Crippen molar-refractivity contribution in [1.29, 1.82) is 0 Å². The van der Waals surface area contributed by atoms with Crippen LogP contribution >= 0.6 is 11.8 Å². The van der Waals surface area contributed by atoms with Crippen LogP contribution in [0.3, 0.4) is 0 Å². The molecule has 0 unspecified atom stereocenters. The molecule has 0 saturated carbocycles. The van der Waals surface area contributed by atoms with Crippen LogP contribution in [0, 0.1) is 0 Å². The van der Waals surface area contributed by atoms with Gasteiger partial charge in [0.15, 0.2) is 0 Å². The van der Waals surface area contributed by atoms with E-state index < -0.39 is 0 Å². The van der Waals surface area contributed by atoms with Gasteiger partial charge in [0.2, 0.25) is 11.9 Å². The molecule has 0 spiro atoms. The Labute approximate surface area is 167 Å². The number of anilines is 3. The van der Waals surface area contributed by atoms with Crippen LogP contribution in [-0.4, -0.2) is 28.0 Å². The summed E-state index contributed by atoms with van der Waals surface area (Å²) in [5.41, 5.74) is 8.29. The van der Waals surface area contributed by atoms with E-state index in [1.165, 1.54) is 7.11 Å². The van der Waals surface area contributed by atoms with Gasteiger partial charge in [-0.15, -0.1) is 11.8 Å². The Morgan fingerprint density at radius 1 is 1.14 bits per heavy atom. The Morgan fingerprint density at radius 2 is 1.93 bits per heavy atom. The highest BCUT2D eigenvalue weighted by Gasteiger charge is 2.14. The Hall–Kier alpha value is -3.13. The highest BCUT2D eigenvalue weighted by molar-refractivity contribution is 7.98. The summed E-state index contributed by atoms with van der Waals surface area (Å²) in [7, 11) is 1.37. The molecule has 1 atom stereocenters. The van der Waals surface area contributed by atoms with E-state index in [-0.39, 0.29) is 17.2 Å². The fourth-order valence-electron chi connectivity index (χ4n) is 2.50. The van der Waals surface area contributed by atoms with Crippen LogP contribution in [-0.2, 0) is 10.5 Å². The van der Waals surface area contributed by atoms with Crippen LogP contribution in [0.25, 0.3) is 0 Å². The third-order valence-corrected chi connectivity index (χ3v) is 5.12. The first-order valence-corrected chi connectivity index (χ1v) is 9.72. The Morgan fingerprint density at radius 3 is 2.68 bits per heavy atom. The summed E-state index contributed by atoms with van der Waals surface area (Å²) in [5, 5.41) is 3.13. The number of ether oxygens (including phenoxy) is 1. The van der Waals surface area contributed by atoms with Crippen molar-refractivity contribution in [3.63, 3.8) is 0 Å². The number of carbonyl (C=O) groups excluding carboxylic acids is 1. The van der Waals surface area contributed by atoms with Gasteiger partial charge in [-0.25, -0.2) is 4.79 Å². The van der Waals surface area contributed by atoms with Crippen LogP contribution in [0.2, 0.25) is 0 Å². The van der Waals surface area contributed by atoms with Gasteiger partial charge in [0.05, 0.1) is 17.9 Å². The maximum atomic E-state index is 11.7. The first-order chi connectivity index (χ1) is 13.5. The van der Waals surface area contributed by atoms with Gasteiger partial charge in [-0.2, -0.15) is 15.0 Å². The lowest BCUT2D eigenvalue weighted by molar-refractivity contribution is 0.0600. The van der Waals surface area contributed by atoms with Crippen LogP contribution in [0.5, 0.6) is 0 Å². The zero-order chi connectivity index (χ0) is 19.9. The fraction of sp³-hybridized carbons (Fsp3) is 0.200. The Bertz CT molecular complexity index is 952. The fourth-order valence-corrected chi connectivity index (χ4v) is 3.38. The molecule has 3 rings (SSSR count). The van der Waals surface area contributed by atoms with Crippen molar-refractivity contribution in [3.8, 4) is 0 Å². The molecule has 0 aliphatic carbocycles. The topological polar surface area (TPSA) is 103 Å². The summed E-state index contributed by atoms with van der Waals surface area (Å²) in [6, 6.07) is 17.0. The normalized spacial score (nSPS) is 11.6. The largest absolute Gasteiger partial charge is 0.465 e. The minimum absolute atomic E-state index is 0.0107. The molecule has 1 aromatic heterocycles. The number of aromatic nitrogens is 3. The molecule has 28 heavy (non-hydrogen) atoms. The number of nitrogens with zero attached hydrogens (tertiary/aromatic N) is 3. The Balaban J connectivity index is 1.69. The predicted octanol–water partition coefficient (Wildman–Crippen LogP) is 3.98. The quantitative estimate of drug-likeness (QED) is 0.579. The van der Waals surface area contributed by atoms with Crippen molar-refractivity contribution >= 4 is 35.3 Å². The molecule has 1 heterocycles. The second-order valence-electron chi connectivity index (χ2n) is 6.01. The third kappa shape index (κ3) is 5.20. The molecule has 144 valence electrons. The summed E-state index contributed by atoms with van der Waals surface area (Å²) < 4.78 is 4.77. The van der Waals surface area contributed by atoms with E-state index in [2.05, 4.69) is 20.3 Å². The van der Waals surface area contributed by atoms with Crippen molar-refractivity contribution in [2.75, 3.05) is 18.2 Å². The lowest BCUT2D eigenvalue weighted by atomic mass is 10.1. The number of hydrogen-bond donors (Lipinski definition) is 2. The van der Waals surface area contributed by atoms with E-state index in [0.717, 1.165) is 11.3 Å². The number of methoxy groups -OCH3 is 1. The maximum Gasteiger partial charge on any atom is 0.337 e. The molecule has 2 aromatic carbocycles. The zero-order valence-corrected chi connectivity index (χ0v) is 16.4. The molecule has 0 radical (unpaired) electrons. The standard InChI is InChI=1S/C20H21N5O2S/c1-13(28-12-14-7-6-8-15(11-14)18(26)27-2)17-23-19(21)25-20(24-17)22-16-9-4-3-5-10-16/h3-11,13H,12H2,1-2H3,(H3,21,22,23,24,25)/t13-/m1/s1. The highest BCUT2D eigenvalue weighted by atomic mass is 32.2. The molecule has 3 N–H and O–H groups in total. The number of hydrogen-bond acceptors (Lipinski definition) is 8. The summed E-state index contributed by atoms with van der Waals surface area (Å²) in [5.74, 6) is 1.53. The average molecular weight is 395 g/mol. The molecule has 0 bridgehead atoms. The Kier molecular flexibility index (Phi) is 6.44. The maximum absolute atomic E-state index is 11.7. The number of rotatable bonds is 7. The summed E-state index contributed by atoms with van der Waals surface area (Å²) in [4.78, 5) is 24.6. The summed E-state index contributed by atoms with van der Waals surface area (Å²) in [6.45, 7) is 2.01.